The van der Waals surface area contributed by atoms with Gasteiger partial charge in [-0.3, -0.25) is 0 Å². The van der Waals surface area contributed by atoms with Crippen LogP contribution in [0.5, 0.6) is 0 Å². The summed E-state index contributed by atoms with van der Waals surface area (Å²) in [5, 5.41) is 10.0. The third-order valence-electron chi connectivity index (χ3n) is 2.35. The van der Waals surface area contributed by atoms with E-state index in [1.165, 1.54) is 0 Å². The minimum Gasteiger partial charge on any atom is -0.445 e. The molecule has 1 aromatic carbocycles. The summed E-state index contributed by atoms with van der Waals surface area (Å²) < 4.78 is 6.49. The summed E-state index contributed by atoms with van der Waals surface area (Å²) in [4.78, 5) is 0. The van der Waals surface area contributed by atoms with Crippen LogP contribution in [0, 0.1) is 11.3 Å². The molecule has 0 aliphatic rings. The van der Waals surface area contributed by atoms with E-state index in [1.807, 2.05) is 18.2 Å². The molecule has 0 aliphatic carbocycles. The smallest absolute Gasteiger partial charge is 0.207 e. The highest BCUT2D eigenvalue weighted by Gasteiger charge is 2.12. The molecule has 0 atom stereocenters. The first-order valence-electron chi connectivity index (χ1n) is 4.87. The van der Waals surface area contributed by atoms with E-state index in [0.717, 1.165) is 33.8 Å². The van der Waals surface area contributed by atoms with Crippen molar-refractivity contribution in [3.63, 3.8) is 0 Å². The number of nitrogens with zero attached hydrogens (tertiary/aromatic N) is 1. The van der Waals surface area contributed by atoms with E-state index in [0.29, 0.717) is 5.76 Å². The average Bonchev–Trinajstić information content (AvgIpc) is 2.57. The van der Waals surface area contributed by atoms with Crippen molar-refractivity contribution in [3.05, 3.63) is 34.0 Å². The molecule has 0 fully saturated rings. The Hall–Kier alpha value is -1.27. The van der Waals surface area contributed by atoms with Crippen LogP contribution in [0.4, 0.5) is 0 Å². The van der Waals surface area contributed by atoms with Gasteiger partial charge >= 0.3 is 0 Å². The summed E-state index contributed by atoms with van der Waals surface area (Å²) in [6.07, 6.45) is 1.89. The van der Waals surface area contributed by atoms with Crippen molar-refractivity contribution in [1.29, 1.82) is 5.26 Å². The summed E-state index contributed by atoms with van der Waals surface area (Å²) in [7, 11) is 0. The Morgan fingerprint density at radius 2 is 2.27 bits per heavy atom. The lowest BCUT2D eigenvalue weighted by molar-refractivity contribution is 0.592. The summed E-state index contributed by atoms with van der Waals surface area (Å²) in [5.74, 6) is 0.449. The van der Waals surface area contributed by atoms with E-state index in [2.05, 4.69) is 28.9 Å². The van der Waals surface area contributed by atoms with Crippen molar-refractivity contribution in [2.24, 2.45) is 0 Å². The normalized spacial score (nSPS) is 10.5. The first-order chi connectivity index (χ1) is 7.26. The lowest BCUT2D eigenvalue weighted by Crippen LogP contribution is -1.84. The quantitative estimate of drug-likeness (QED) is 0.821. The van der Waals surface area contributed by atoms with E-state index in [9.17, 15) is 0 Å². The molecule has 15 heavy (non-hydrogen) atoms. The first-order valence-corrected chi connectivity index (χ1v) is 5.66. The predicted octanol–water partition coefficient (Wildman–Crippen LogP) is 4.02. The average molecular weight is 264 g/mol. The summed E-state index contributed by atoms with van der Waals surface area (Å²) in [5.41, 5.74) is 1.81. The maximum Gasteiger partial charge on any atom is 0.207 e. The van der Waals surface area contributed by atoms with Gasteiger partial charge in [-0.1, -0.05) is 29.3 Å². The zero-order chi connectivity index (χ0) is 10.8. The van der Waals surface area contributed by atoms with Gasteiger partial charge in [-0.05, 0) is 24.6 Å². The van der Waals surface area contributed by atoms with Crippen molar-refractivity contribution in [2.75, 3.05) is 0 Å². The zero-order valence-corrected chi connectivity index (χ0v) is 9.97. The number of fused-ring (bicyclic) bond motifs is 1. The number of aryl methyl sites for hydroxylation is 1. The van der Waals surface area contributed by atoms with E-state index < -0.39 is 0 Å². The topological polar surface area (TPSA) is 36.9 Å². The van der Waals surface area contributed by atoms with Gasteiger partial charge in [-0.15, -0.1) is 0 Å². The molecule has 0 N–H and O–H groups in total. The van der Waals surface area contributed by atoms with Gasteiger partial charge in [-0.25, -0.2) is 0 Å². The van der Waals surface area contributed by atoms with Gasteiger partial charge in [0.05, 0.1) is 0 Å². The molecule has 2 aromatic rings. The first kappa shape index (κ1) is 10.3. The Labute approximate surface area is 96.6 Å². The summed E-state index contributed by atoms with van der Waals surface area (Å²) in [6.45, 7) is 2.10. The van der Waals surface area contributed by atoms with Crippen LogP contribution < -0.4 is 0 Å². The highest BCUT2D eigenvalue weighted by atomic mass is 79.9. The lowest BCUT2D eigenvalue weighted by Gasteiger charge is -1.95. The Balaban J connectivity index is 2.72. The van der Waals surface area contributed by atoms with Crippen LogP contribution in [0.3, 0.4) is 0 Å². The minimum atomic E-state index is 0.449. The lowest BCUT2D eigenvalue weighted by atomic mass is 10.1. The molecule has 0 amide bonds. The number of hydrogen-bond donors (Lipinski definition) is 0. The molecule has 0 saturated heterocycles. The monoisotopic (exact) mass is 263 g/mol. The third-order valence-corrected chi connectivity index (χ3v) is 2.85. The van der Waals surface area contributed by atoms with Crippen molar-refractivity contribution in [2.45, 2.75) is 19.8 Å². The number of nitriles is 1. The molecule has 0 bridgehead atoms. The molecule has 2 nitrogen and oxygen atoms in total. The third kappa shape index (κ3) is 1.78. The predicted molar refractivity (Wildman–Crippen MR) is 62.6 cm³/mol. The van der Waals surface area contributed by atoms with E-state index in [4.69, 9.17) is 9.68 Å². The molecule has 0 aliphatic heterocycles. The zero-order valence-electron chi connectivity index (χ0n) is 8.38. The second-order valence-corrected chi connectivity index (χ2v) is 4.33. The SMILES string of the molecule is CCCc1c(C#N)oc2ccc(Br)cc12. The van der Waals surface area contributed by atoms with E-state index >= 15 is 0 Å². The van der Waals surface area contributed by atoms with Crippen LogP contribution in [-0.4, -0.2) is 0 Å². The van der Waals surface area contributed by atoms with Gasteiger partial charge in [0.1, 0.15) is 11.7 Å². The Morgan fingerprint density at radius 3 is 2.93 bits per heavy atom. The fraction of sp³-hybridized carbons (Fsp3) is 0.250. The minimum absolute atomic E-state index is 0.449. The second-order valence-electron chi connectivity index (χ2n) is 3.41. The van der Waals surface area contributed by atoms with Crippen molar-refractivity contribution >= 4 is 26.9 Å². The maximum absolute atomic E-state index is 8.96. The fourth-order valence-corrected chi connectivity index (χ4v) is 2.07. The molecular weight excluding hydrogens is 254 g/mol. The van der Waals surface area contributed by atoms with Gasteiger partial charge in [0.15, 0.2) is 0 Å². The van der Waals surface area contributed by atoms with Gasteiger partial charge in [-0.2, -0.15) is 5.26 Å². The van der Waals surface area contributed by atoms with Crippen molar-refractivity contribution in [3.8, 4) is 6.07 Å². The Morgan fingerprint density at radius 1 is 1.47 bits per heavy atom. The number of furan rings is 1. The molecule has 76 valence electrons. The molecule has 1 aromatic heterocycles. The highest BCUT2D eigenvalue weighted by Crippen LogP contribution is 2.29. The van der Waals surface area contributed by atoms with Crippen LogP contribution in [0.15, 0.2) is 27.1 Å². The molecule has 0 unspecified atom stereocenters. The van der Waals surface area contributed by atoms with Gasteiger partial charge < -0.3 is 4.42 Å². The number of benzene rings is 1. The summed E-state index contributed by atoms with van der Waals surface area (Å²) in [6, 6.07) is 7.92. The van der Waals surface area contributed by atoms with Gasteiger partial charge in [0.25, 0.3) is 0 Å². The molecule has 1 heterocycles. The molecule has 0 saturated carbocycles. The van der Waals surface area contributed by atoms with Crippen LogP contribution in [0.25, 0.3) is 11.0 Å². The summed E-state index contributed by atoms with van der Waals surface area (Å²) >= 11 is 3.42. The molecule has 2 rings (SSSR count). The number of hydrogen-bond acceptors (Lipinski definition) is 2. The van der Waals surface area contributed by atoms with Crippen molar-refractivity contribution in [1.82, 2.24) is 0 Å². The maximum atomic E-state index is 8.96. The standard InChI is InChI=1S/C12H10BrNO/c1-2-3-9-10-6-8(13)4-5-11(10)15-12(9)7-14/h4-6H,2-3H2,1H3. The van der Waals surface area contributed by atoms with Gasteiger partial charge in [0.2, 0.25) is 5.76 Å². The Bertz CT molecular complexity index is 536. The van der Waals surface area contributed by atoms with E-state index in [-0.39, 0.29) is 0 Å². The van der Waals surface area contributed by atoms with Crippen LogP contribution >= 0.6 is 15.9 Å². The fourth-order valence-electron chi connectivity index (χ4n) is 1.71. The molecular formula is C12H10BrNO. The molecule has 0 spiro atoms. The Kier molecular flexibility index (Phi) is 2.79. The van der Waals surface area contributed by atoms with Crippen LogP contribution in [0.2, 0.25) is 0 Å². The highest BCUT2D eigenvalue weighted by molar-refractivity contribution is 9.10. The van der Waals surface area contributed by atoms with Gasteiger partial charge in [0, 0.05) is 15.4 Å². The van der Waals surface area contributed by atoms with Crippen molar-refractivity contribution < 1.29 is 4.42 Å². The van der Waals surface area contributed by atoms with Crippen LogP contribution in [0.1, 0.15) is 24.7 Å². The molecule has 0 radical (unpaired) electrons. The largest absolute Gasteiger partial charge is 0.445 e. The number of halogens is 1. The second kappa shape index (κ2) is 4.08. The van der Waals surface area contributed by atoms with Crippen LogP contribution in [-0.2, 0) is 6.42 Å². The number of rotatable bonds is 2. The van der Waals surface area contributed by atoms with E-state index in [1.54, 1.807) is 0 Å². The molecule has 3 heteroatoms.